The van der Waals surface area contributed by atoms with Gasteiger partial charge in [-0.1, -0.05) is 13.8 Å². The normalized spacial score (nSPS) is 16.0. The topological polar surface area (TPSA) is 60.0 Å². The number of carbonyl (C=O) groups excluding carboxylic acids is 1. The van der Waals surface area contributed by atoms with E-state index in [1.54, 1.807) is 24.3 Å². The molecule has 1 atom stereocenters. The Balaban J connectivity index is 1.84. The molecule has 7 heteroatoms. The van der Waals surface area contributed by atoms with Crippen molar-refractivity contribution in [1.82, 2.24) is 0 Å². The molecule has 30 heavy (non-hydrogen) atoms. The Morgan fingerprint density at radius 3 is 2.43 bits per heavy atom. The Hall–Kier alpha value is -2.96. The van der Waals surface area contributed by atoms with Gasteiger partial charge in [-0.25, -0.2) is 4.39 Å². The first-order chi connectivity index (χ1) is 14.4. The van der Waals surface area contributed by atoms with Crippen molar-refractivity contribution in [3.05, 3.63) is 41.7 Å². The molecule has 162 valence electrons. The van der Waals surface area contributed by atoms with E-state index in [-0.39, 0.29) is 17.1 Å². The molecule has 0 saturated carbocycles. The van der Waals surface area contributed by atoms with E-state index in [1.165, 1.54) is 27.4 Å². The Labute approximate surface area is 176 Å². The van der Waals surface area contributed by atoms with Gasteiger partial charge in [0.2, 0.25) is 5.75 Å². The summed E-state index contributed by atoms with van der Waals surface area (Å²) in [7, 11) is 4.42. The molecule has 0 spiro atoms. The molecular formula is C23H29FN2O4. The molecule has 0 bridgehead atoms. The molecule has 0 radical (unpaired) electrons. The number of carbonyl (C=O) groups is 1. The fraction of sp³-hybridized carbons (Fsp3) is 0.435. The van der Waals surface area contributed by atoms with Crippen LogP contribution in [0, 0.1) is 11.7 Å². The van der Waals surface area contributed by atoms with Gasteiger partial charge in [0.15, 0.2) is 11.5 Å². The maximum atomic E-state index is 14.9. The van der Waals surface area contributed by atoms with Crippen LogP contribution in [-0.2, 0) is 0 Å². The average molecular weight is 416 g/mol. The van der Waals surface area contributed by atoms with E-state index in [0.717, 1.165) is 19.4 Å². The van der Waals surface area contributed by atoms with Crippen LogP contribution in [0.3, 0.4) is 0 Å². The van der Waals surface area contributed by atoms with E-state index < -0.39 is 5.91 Å². The molecule has 1 fully saturated rings. The average Bonchev–Trinajstić information content (AvgIpc) is 3.22. The fourth-order valence-electron chi connectivity index (χ4n) is 4.08. The number of rotatable bonds is 7. The highest BCUT2D eigenvalue weighted by Crippen LogP contribution is 2.40. The molecule has 2 aromatic rings. The first-order valence-corrected chi connectivity index (χ1v) is 10.1. The lowest BCUT2D eigenvalue weighted by molar-refractivity contribution is 0.102. The van der Waals surface area contributed by atoms with Gasteiger partial charge in [-0.2, -0.15) is 0 Å². The molecule has 1 aliphatic rings. The molecule has 0 aliphatic carbocycles. The van der Waals surface area contributed by atoms with Gasteiger partial charge in [-0.3, -0.25) is 4.79 Å². The second-order valence-electron chi connectivity index (χ2n) is 7.65. The lowest BCUT2D eigenvalue weighted by Gasteiger charge is -2.30. The summed E-state index contributed by atoms with van der Waals surface area (Å²) < 4.78 is 30.8. The zero-order valence-corrected chi connectivity index (χ0v) is 18.1. The summed E-state index contributed by atoms with van der Waals surface area (Å²) >= 11 is 0. The molecule has 1 N–H and O–H groups in total. The maximum Gasteiger partial charge on any atom is 0.259 e. The summed E-state index contributed by atoms with van der Waals surface area (Å²) in [5, 5.41) is 2.74. The lowest BCUT2D eigenvalue weighted by Crippen LogP contribution is -2.33. The molecule has 0 unspecified atom stereocenters. The minimum atomic E-state index is -0.429. The lowest BCUT2D eigenvalue weighted by atomic mass is 10.0. The third kappa shape index (κ3) is 4.15. The Morgan fingerprint density at radius 2 is 1.83 bits per heavy atom. The van der Waals surface area contributed by atoms with Crippen molar-refractivity contribution in [2.24, 2.45) is 5.92 Å². The van der Waals surface area contributed by atoms with Crippen molar-refractivity contribution in [3.8, 4) is 17.2 Å². The van der Waals surface area contributed by atoms with Gasteiger partial charge in [-0.15, -0.1) is 0 Å². The molecule has 1 amide bonds. The largest absolute Gasteiger partial charge is 0.493 e. The molecule has 3 rings (SSSR count). The number of methoxy groups -OCH3 is 3. The van der Waals surface area contributed by atoms with Gasteiger partial charge in [0.1, 0.15) is 5.82 Å². The monoisotopic (exact) mass is 416 g/mol. The first-order valence-electron chi connectivity index (χ1n) is 10.1. The van der Waals surface area contributed by atoms with E-state index in [9.17, 15) is 9.18 Å². The minimum absolute atomic E-state index is 0.253. The van der Waals surface area contributed by atoms with Gasteiger partial charge in [0, 0.05) is 18.3 Å². The molecule has 0 aromatic heterocycles. The summed E-state index contributed by atoms with van der Waals surface area (Å²) in [5.41, 5.74) is 1.21. The smallest absolute Gasteiger partial charge is 0.259 e. The first kappa shape index (κ1) is 21.7. The Bertz CT molecular complexity index is 916. The second kappa shape index (κ2) is 9.24. The zero-order chi connectivity index (χ0) is 21.8. The molecule has 1 saturated heterocycles. The van der Waals surface area contributed by atoms with Crippen LogP contribution in [0.5, 0.6) is 17.2 Å². The number of hydrogen-bond donors (Lipinski definition) is 1. The van der Waals surface area contributed by atoms with Crippen molar-refractivity contribution < 1.29 is 23.4 Å². The van der Waals surface area contributed by atoms with Gasteiger partial charge >= 0.3 is 0 Å². The van der Waals surface area contributed by atoms with Crippen LogP contribution in [0.4, 0.5) is 15.8 Å². The summed E-state index contributed by atoms with van der Waals surface area (Å²) in [6.45, 7) is 5.16. The summed E-state index contributed by atoms with van der Waals surface area (Å²) in [4.78, 5) is 15.0. The Kier molecular flexibility index (Phi) is 6.70. The van der Waals surface area contributed by atoms with Crippen molar-refractivity contribution in [3.63, 3.8) is 0 Å². The van der Waals surface area contributed by atoms with Gasteiger partial charge < -0.3 is 24.4 Å². The summed E-state index contributed by atoms with van der Waals surface area (Å²) in [5.74, 6) is 0.697. The Morgan fingerprint density at radius 1 is 1.10 bits per heavy atom. The van der Waals surface area contributed by atoms with Gasteiger partial charge in [0.05, 0.1) is 32.6 Å². The number of nitrogens with zero attached hydrogens (tertiary/aromatic N) is 1. The highest BCUT2D eigenvalue weighted by Gasteiger charge is 2.29. The van der Waals surface area contributed by atoms with Crippen LogP contribution < -0.4 is 24.4 Å². The predicted octanol–water partition coefficient (Wildman–Crippen LogP) is 4.73. The molecule has 1 heterocycles. The molecular weight excluding hydrogens is 387 g/mol. The fourth-order valence-corrected chi connectivity index (χ4v) is 4.08. The van der Waals surface area contributed by atoms with Crippen LogP contribution in [0.2, 0.25) is 0 Å². The van der Waals surface area contributed by atoms with Crippen molar-refractivity contribution in [1.29, 1.82) is 0 Å². The molecule has 6 nitrogen and oxygen atoms in total. The second-order valence-corrected chi connectivity index (χ2v) is 7.65. The zero-order valence-electron chi connectivity index (χ0n) is 18.1. The number of anilines is 2. The van der Waals surface area contributed by atoms with Crippen LogP contribution in [0.25, 0.3) is 0 Å². The van der Waals surface area contributed by atoms with Crippen molar-refractivity contribution >= 4 is 17.3 Å². The number of nitrogens with one attached hydrogen (secondary N) is 1. The minimum Gasteiger partial charge on any atom is -0.493 e. The van der Waals surface area contributed by atoms with Crippen molar-refractivity contribution in [2.75, 3.05) is 38.1 Å². The summed E-state index contributed by atoms with van der Waals surface area (Å²) in [6, 6.07) is 8.35. The third-order valence-corrected chi connectivity index (χ3v) is 5.53. The van der Waals surface area contributed by atoms with Crippen molar-refractivity contribution in [2.45, 2.75) is 32.7 Å². The van der Waals surface area contributed by atoms with Crippen LogP contribution >= 0.6 is 0 Å². The predicted molar refractivity (Wildman–Crippen MR) is 116 cm³/mol. The van der Waals surface area contributed by atoms with E-state index in [0.29, 0.717) is 34.8 Å². The molecule has 2 aromatic carbocycles. The third-order valence-electron chi connectivity index (χ3n) is 5.53. The summed E-state index contributed by atoms with van der Waals surface area (Å²) in [6.07, 6.45) is 2.12. The van der Waals surface area contributed by atoms with Gasteiger partial charge in [0.25, 0.3) is 5.91 Å². The molecule has 1 aliphatic heterocycles. The number of halogens is 1. The highest BCUT2D eigenvalue weighted by molar-refractivity contribution is 6.07. The highest BCUT2D eigenvalue weighted by atomic mass is 19.1. The standard InChI is InChI=1S/C23H29FN2O4/c1-14(2)18-7-6-12-26(18)19-10-8-15(13-17(19)24)25-23(27)16-9-11-20(28-3)22(30-5)21(16)29-4/h8-11,13-14,18H,6-7,12H2,1-5H3,(H,25,27)/t18-/m1/s1. The quantitative estimate of drug-likeness (QED) is 0.707. The SMILES string of the molecule is COc1ccc(C(=O)Nc2ccc(N3CCC[C@@H]3C(C)C)c(F)c2)c(OC)c1OC. The van der Waals surface area contributed by atoms with Crippen LogP contribution in [-0.4, -0.2) is 39.8 Å². The van der Waals surface area contributed by atoms with E-state index in [1.807, 2.05) is 0 Å². The van der Waals surface area contributed by atoms with E-state index >= 15 is 0 Å². The number of ether oxygens (including phenoxy) is 3. The van der Waals surface area contributed by atoms with Crippen LogP contribution in [0.15, 0.2) is 30.3 Å². The van der Waals surface area contributed by atoms with Crippen LogP contribution in [0.1, 0.15) is 37.0 Å². The number of amides is 1. The van der Waals surface area contributed by atoms with E-state index in [2.05, 4.69) is 24.1 Å². The van der Waals surface area contributed by atoms with E-state index in [4.69, 9.17) is 14.2 Å². The van der Waals surface area contributed by atoms with Gasteiger partial charge in [-0.05, 0) is 49.1 Å². The number of benzene rings is 2. The maximum absolute atomic E-state index is 14.9. The number of hydrogen-bond acceptors (Lipinski definition) is 5.